The third kappa shape index (κ3) is 6.65. The fourth-order valence-corrected chi connectivity index (χ4v) is 5.45. The lowest BCUT2D eigenvalue weighted by Gasteiger charge is -2.26. The van der Waals surface area contributed by atoms with E-state index in [9.17, 15) is 22.4 Å². The number of hydrogen-bond donors (Lipinski definition) is 2. The molecular weight excluding hydrogens is 554 g/mol. The molecule has 0 spiro atoms. The van der Waals surface area contributed by atoms with Gasteiger partial charge in [-0.1, -0.05) is 6.07 Å². The first-order valence-electron chi connectivity index (χ1n) is 14.0. The van der Waals surface area contributed by atoms with E-state index in [1.165, 1.54) is 0 Å². The van der Waals surface area contributed by atoms with Crippen molar-refractivity contribution in [2.24, 2.45) is 0 Å². The number of halogens is 4. The number of nitrogens with zero attached hydrogens (tertiary/aromatic N) is 3. The number of anilines is 1. The number of ether oxygens (including phenoxy) is 2. The maximum absolute atomic E-state index is 13.6. The summed E-state index contributed by atoms with van der Waals surface area (Å²) in [5, 5.41) is 6.31. The van der Waals surface area contributed by atoms with E-state index in [0.717, 1.165) is 25.1 Å². The molecule has 0 aliphatic carbocycles. The van der Waals surface area contributed by atoms with Crippen LogP contribution in [0.2, 0.25) is 0 Å². The number of rotatable bonds is 9. The summed E-state index contributed by atoms with van der Waals surface area (Å²) in [4.78, 5) is 24.7. The van der Waals surface area contributed by atoms with E-state index in [4.69, 9.17) is 14.5 Å². The summed E-state index contributed by atoms with van der Waals surface area (Å²) in [6.45, 7) is 5.74. The number of aromatic nitrogens is 2. The van der Waals surface area contributed by atoms with Crippen molar-refractivity contribution >= 4 is 11.6 Å². The zero-order valence-corrected chi connectivity index (χ0v) is 23.4. The monoisotopic (exact) mass is 587 g/mol. The Balaban J connectivity index is 1.40. The Morgan fingerprint density at radius 3 is 2.79 bits per heavy atom. The van der Waals surface area contributed by atoms with Crippen LogP contribution in [0.5, 0.6) is 5.88 Å². The Hall–Kier alpha value is -3.77. The fraction of sp³-hybridized carbons (Fsp3) is 0.433. The SMILES string of the molecule is CCOc1ncccc1-c1ccc(N2CC(OCc3ccc(F)cc3C(F)(F)F)CC2C)c(C(=O)NC2CCNC2)n1. The Morgan fingerprint density at radius 1 is 1.21 bits per heavy atom. The fourth-order valence-electron chi connectivity index (χ4n) is 5.45. The predicted octanol–water partition coefficient (Wildman–Crippen LogP) is 4.98. The van der Waals surface area contributed by atoms with E-state index >= 15 is 0 Å². The van der Waals surface area contributed by atoms with Crippen molar-refractivity contribution in [2.75, 3.05) is 31.1 Å². The molecule has 5 rings (SSSR count). The number of nitrogens with one attached hydrogen (secondary N) is 2. The molecule has 8 nitrogen and oxygen atoms in total. The third-order valence-corrected chi connectivity index (χ3v) is 7.51. The molecule has 0 radical (unpaired) electrons. The molecule has 4 heterocycles. The number of pyridine rings is 2. The van der Waals surface area contributed by atoms with Gasteiger partial charge in [0.25, 0.3) is 5.91 Å². The van der Waals surface area contributed by atoms with E-state index in [2.05, 4.69) is 15.6 Å². The van der Waals surface area contributed by atoms with Crippen LogP contribution < -0.4 is 20.3 Å². The van der Waals surface area contributed by atoms with Gasteiger partial charge in [0, 0.05) is 31.4 Å². The van der Waals surface area contributed by atoms with Gasteiger partial charge in [0.15, 0.2) is 5.69 Å². The summed E-state index contributed by atoms with van der Waals surface area (Å²) in [6.07, 6.45) is -2.16. The predicted molar refractivity (Wildman–Crippen MR) is 149 cm³/mol. The first-order valence-corrected chi connectivity index (χ1v) is 14.0. The van der Waals surface area contributed by atoms with Gasteiger partial charge in [0.2, 0.25) is 5.88 Å². The highest BCUT2D eigenvalue weighted by molar-refractivity contribution is 5.99. The van der Waals surface area contributed by atoms with Gasteiger partial charge < -0.3 is 25.0 Å². The summed E-state index contributed by atoms with van der Waals surface area (Å²) in [7, 11) is 0. The summed E-state index contributed by atoms with van der Waals surface area (Å²) in [6, 6.07) is 9.70. The lowest BCUT2D eigenvalue weighted by atomic mass is 10.1. The van der Waals surface area contributed by atoms with Gasteiger partial charge in [-0.15, -0.1) is 0 Å². The highest BCUT2D eigenvalue weighted by Crippen LogP contribution is 2.36. The van der Waals surface area contributed by atoms with Crippen molar-refractivity contribution in [2.45, 2.75) is 57.7 Å². The van der Waals surface area contributed by atoms with Crippen molar-refractivity contribution in [1.29, 1.82) is 0 Å². The molecule has 3 atom stereocenters. The number of alkyl halides is 3. The zero-order chi connectivity index (χ0) is 29.9. The number of benzene rings is 1. The van der Waals surface area contributed by atoms with Crippen molar-refractivity contribution in [3.63, 3.8) is 0 Å². The van der Waals surface area contributed by atoms with Crippen LogP contribution in [-0.4, -0.2) is 60.3 Å². The van der Waals surface area contributed by atoms with Crippen LogP contribution >= 0.6 is 0 Å². The summed E-state index contributed by atoms with van der Waals surface area (Å²) < 4.78 is 65.5. The smallest absolute Gasteiger partial charge is 0.416 e. The largest absolute Gasteiger partial charge is 0.477 e. The highest BCUT2D eigenvalue weighted by atomic mass is 19.4. The molecule has 12 heteroatoms. The van der Waals surface area contributed by atoms with Crippen LogP contribution in [0.15, 0.2) is 48.7 Å². The Bertz CT molecular complexity index is 1410. The normalized spacial score (nSPS) is 20.6. The molecule has 1 amide bonds. The second-order valence-electron chi connectivity index (χ2n) is 10.5. The second-order valence-corrected chi connectivity index (χ2v) is 10.5. The molecule has 2 saturated heterocycles. The Morgan fingerprint density at radius 2 is 2.05 bits per heavy atom. The maximum atomic E-state index is 13.6. The summed E-state index contributed by atoms with van der Waals surface area (Å²) in [5.74, 6) is -0.865. The van der Waals surface area contributed by atoms with E-state index in [0.29, 0.717) is 55.0 Å². The summed E-state index contributed by atoms with van der Waals surface area (Å²) >= 11 is 0. The van der Waals surface area contributed by atoms with Gasteiger partial charge in [0.1, 0.15) is 5.82 Å². The lowest BCUT2D eigenvalue weighted by molar-refractivity contribution is -0.139. The average molecular weight is 588 g/mol. The lowest BCUT2D eigenvalue weighted by Crippen LogP contribution is -2.38. The quantitative estimate of drug-likeness (QED) is 0.342. The first-order chi connectivity index (χ1) is 20.1. The van der Waals surface area contributed by atoms with Crippen LogP contribution in [0.4, 0.5) is 23.2 Å². The minimum absolute atomic E-state index is 0.0289. The molecule has 1 aromatic carbocycles. The van der Waals surface area contributed by atoms with Crippen LogP contribution in [0.25, 0.3) is 11.3 Å². The number of hydrogen-bond acceptors (Lipinski definition) is 7. The zero-order valence-electron chi connectivity index (χ0n) is 23.4. The van der Waals surface area contributed by atoms with Gasteiger partial charge >= 0.3 is 6.18 Å². The van der Waals surface area contributed by atoms with Crippen molar-refractivity contribution in [3.05, 3.63) is 71.3 Å². The molecule has 0 bridgehead atoms. The molecule has 3 unspecified atom stereocenters. The Kier molecular flexibility index (Phi) is 8.93. The van der Waals surface area contributed by atoms with Crippen LogP contribution in [0.3, 0.4) is 0 Å². The Labute approximate surface area is 241 Å². The van der Waals surface area contributed by atoms with Crippen molar-refractivity contribution < 1.29 is 31.8 Å². The van der Waals surface area contributed by atoms with Crippen LogP contribution in [-0.2, 0) is 17.5 Å². The van der Waals surface area contributed by atoms with Crippen LogP contribution in [0, 0.1) is 5.82 Å². The average Bonchev–Trinajstić information content (AvgIpc) is 3.61. The molecule has 3 aromatic rings. The van der Waals surface area contributed by atoms with Gasteiger partial charge in [0.05, 0.1) is 41.8 Å². The van der Waals surface area contributed by atoms with E-state index in [-0.39, 0.29) is 35.9 Å². The second kappa shape index (κ2) is 12.6. The van der Waals surface area contributed by atoms with E-state index in [1.807, 2.05) is 30.9 Å². The van der Waals surface area contributed by atoms with Gasteiger partial charge in [-0.3, -0.25) is 4.79 Å². The molecule has 0 saturated carbocycles. The molecule has 2 N–H and O–H groups in total. The molecule has 224 valence electrons. The highest BCUT2D eigenvalue weighted by Gasteiger charge is 2.36. The van der Waals surface area contributed by atoms with Crippen molar-refractivity contribution in [1.82, 2.24) is 20.6 Å². The topological polar surface area (TPSA) is 88.6 Å². The van der Waals surface area contributed by atoms with Gasteiger partial charge in [-0.05, 0) is 75.2 Å². The molecule has 42 heavy (non-hydrogen) atoms. The van der Waals surface area contributed by atoms with Gasteiger partial charge in [-0.2, -0.15) is 13.2 Å². The van der Waals surface area contributed by atoms with Gasteiger partial charge in [-0.25, -0.2) is 14.4 Å². The van der Waals surface area contributed by atoms with Crippen LogP contribution in [0.1, 0.15) is 48.3 Å². The maximum Gasteiger partial charge on any atom is 0.416 e. The van der Waals surface area contributed by atoms with Crippen molar-refractivity contribution in [3.8, 4) is 17.1 Å². The molecule has 2 aliphatic rings. The summed E-state index contributed by atoms with van der Waals surface area (Å²) in [5.41, 5.74) is 0.829. The molecule has 2 aromatic heterocycles. The van der Waals surface area contributed by atoms with E-state index < -0.39 is 23.7 Å². The van der Waals surface area contributed by atoms with E-state index in [1.54, 1.807) is 18.3 Å². The molecular formula is C30H33F4N5O3. The molecule has 2 aliphatic heterocycles. The standard InChI is InChI=1S/C30H33F4N5O3/c1-3-41-29-23(5-4-11-36-29)25-8-9-26(27(38-25)28(40)37-21-10-12-35-15-21)39-16-22(13-18(39)2)42-17-19-6-7-20(31)14-24(19)30(32,33)34/h4-9,11,14,18,21-22,35H,3,10,12-13,15-17H2,1-2H3,(H,37,40). The number of amides is 1. The third-order valence-electron chi connectivity index (χ3n) is 7.51. The number of carbonyl (C=O) groups is 1. The molecule has 2 fully saturated rings. The minimum Gasteiger partial charge on any atom is -0.477 e. The minimum atomic E-state index is -4.70. The number of carbonyl (C=O) groups excluding carboxylic acids is 1. The first kappa shape index (κ1) is 29.7.